The highest BCUT2D eigenvalue weighted by Crippen LogP contribution is 2.29. The molecule has 0 atom stereocenters. The van der Waals surface area contributed by atoms with Gasteiger partial charge in [-0.3, -0.25) is 15.3 Å². The van der Waals surface area contributed by atoms with Gasteiger partial charge >= 0.3 is 6.09 Å². The van der Waals surface area contributed by atoms with Gasteiger partial charge in [0, 0.05) is 16.9 Å². The zero-order valence-electron chi connectivity index (χ0n) is 10.9. The van der Waals surface area contributed by atoms with Crippen molar-refractivity contribution >= 4 is 38.7 Å². The van der Waals surface area contributed by atoms with Gasteiger partial charge in [0.25, 0.3) is 0 Å². The maximum atomic E-state index is 11.8. The Hall–Kier alpha value is -1.69. The Kier molecular flexibility index (Phi) is 3.71. The molecule has 0 bridgehead atoms. The molecule has 0 aliphatic carbocycles. The molecule has 0 saturated carbocycles. The van der Waals surface area contributed by atoms with Gasteiger partial charge in [0.15, 0.2) is 0 Å². The number of ether oxygens (including phenoxy) is 1. The average Bonchev–Trinajstić information content (AvgIpc) is 2.31. The predicted molar refractivity (Wildman–Crippen MR) is 77.1 cm³/mol. The van der Waals surface area contributed by atoms with Crippen LogP contribution in [0.4, 0.5) is 10.5 Å². The van der Waals surface area contributed by atoms with Crippen LogP contribution in [-0.4, -0.2) is 21.7 Å². The second-order valence-corrected chi connectivity index (χ2v) is 5.83. The second kappa shape index (κ2) is 5.13. The number of aromatic nitrogens is 2. The van der Waals surface area contributed by atoms with Crippen LogP contribution in [0.25, 0.3) is 11.0 Å². The SMILES string of the molecule is CC(C)(C)OC(=O)Nc1c(Br)ccc2nccnc12. The number of amides is 1. The number of hydrogen-bond acceptors (Lipinski definition) is 4. The summed E-state index contributed by atoms with van der Waals surface area (Å²) in [7, 11) is 0. The topological polar surface area (TPSA) is 64.1 Å². The van der Waals surface area contributed by atoms with E-state index in [0.717, 1.165) is 4.47 Å². The van der Waals surface area contributed by atoms with Crippen LogP contribution in [0.3, 0.4) is 0 Å². The van der Waals surface area contributed by atoms with Crippen molar-refractivity contribution in [3.8, 4) is 0 Å². The molecule has 0 fully saturated rings. The van der Waals surface area contributed by atoms with Gasteiger partial charge in [-0.15, -0.1) is 0 Å². The monoisotopic (exact) mass is 323 g/mol. The standard InChI is InChI=1S/C13H14BrN3O2/c1-13(2,3)19-12(18)17-10-8(14)4-5-9-11(10)16-7-6-15-9/h4-7H,1-3H3,(H,17,18). The first-order valence-electron chi connectivity index (χ1n) is 5.76. The summed E-state index contributed by atoms with van der Waals surface area (Å²) in [5.74, 6) is 0. The summed E-state index contributed by atoms with van der Waals surface area (Å²) in [5, 5.41) is 2.70. The number of halogens is 1. The lowest BCUT2D eigenvalue weighted by atomic mass is 10.2. The molecule has 0 radical (unpaired) electrons. The van der Waals surface area contributed by atoms with Gasteiger partial charge in [-0.2, -0.15) is 0 Å². The second-order valence-electron chi connectivity index (χ2n) is 4.97. The molecule has 2 rings (SSSR count). The molecule has 19 heavy (non-hydrogen) atoms. The Morgan fingerprint density at radius 1 is 1.26 bits per heavy atom. The number of fused-ring (bicyclic) bond motifs is 1. The maximum Gasteiger partial charge on any atom is 0.412 e. The number of rotatable bonds is 1. The minimum Gasteiger partial charge on any atom is -0.444 e. The molecule has 5 nitrogen and oxygen atoms in total. The zero-order chi connectivity index (χ0) is 14.0. The Balaban J connectivity index is 2.34. The average molecular weight is 324 g/mol. The number of carbonyl (C=O) groups is 1. The number of hydrogen-bond donors (Lipinski definition) is 1. The highest BCUT2D eigenvalue weighted by molar-refractivity contribution is 9.10. The summed E-state index contributed by atoms with van der Waals surface area (Å²) >= 11 is 3.39. The number of anilines is 1. The zero-order valence-corrected chi connectivity index (χ0v) is 12.5. The van der Waals surface area contributed by atoms with E-state index < -0.39 is 11.7 Å². The summed E-state index contributed by atoms with van der Waals surface area (Å²) < 4.78 is 5.95. The highest BCUT2D eigenvalue weighted by atomic mass is 79.9. The van der Waals surface area contributed by atoms with Gasteiger partial charge in [0.05, 0.1) is 11.2 Å². The van der Waals surface area contributed by atoms with Crippen LogP contribution in [0, 0.1) is 0 Å². The van der Waals surface area contributed by atoms with E-state index in [9.17, 15) is 4.79 Å². The van der Waals surface area contributed by atoms with E-state index in [2.05, 4.69) is 31.2 Å². The molecule has 1 N–H and O–H groups in total. The van der Waals surface area contributed by atoms with Crippen molar-refractivity contribution in [2.75, 3.05) is 5.32 Å². The molecule has 0 aliphatic heterocycles. The van der Waals surface area contributed by atoms with Crippen LogP contribution in [0.5, 0.6) is 0 Å². The van der Waals surface area contributed by atoms with E-state index in [1.165, 1.54) is 0 Å². The fourth-order valence-electron chi connectivity index (χ4n) is 1.54. The van der Waals surface area contributed by atoms with Crippen LogP contribution >= 0.6 is 15.9 Å². The molecule has 100 valence electrons. The molecule has 1 heterocycles. The third-order valence-electron chi connectivity index (χ3n) is 2.22. The summed E-state index contributed by atoms with van der Waals surface area (Å²) in [6.07, 6.45) is 2.66. The van der Waals surface area contributed by atoms with E-state index in [0.29, 0.717) is 16.7 Å². The lowest BCUT2D eigenvalue weighted by Gasteiger charge is -2.20. The number of nitrogens with zero attached hydrogens (tertiary/aromatic N) is 2. The summed E-state index contributed by atoms with van der Waals surface area (Å²) in [6, 6.07) is 3.64. The first-order chi connectivity index (χ1) is 8.87. The molecule has 0 unspecified atom stereocenters. The maximum absolute atomic E-state index is 11.8. The van der Waals surface area contributed by atoms with Crippen molar-refractivity contribution in [2.45, 2.75) is 26.4 Å². The molecule has 1 aromatic carbocycles. The van der Waals surface area contributed by atoms with E-state index >= 15 is 0 Å². The molecular formula is C13H14BrN3O2. The number of nitrogens with one attached hydrogen (secondary N) is 1. The van der Waals surface area contributed by atoms with Crippen molar-refractivity contribution in [3.05, 3.63) is 29.0 Å². The Morgan fingerprint density at radius 2 is 1.95 bits per heavy atom. The van der Waals surface area contributed by atoms with Crippen molar-refractivity contribution < 1.29 is 9.53 Å². The molecular weight excluding hydrogens is 310 g/mol. The quantitative estimate of drug-likeness (QED) is 0.868. The first kappa shape index (κ1) is 13.7. The summed E-state index contributed by atoms with van der Waals surface area (Å²) in [4.78, 5) is 20.2. The van der Waals surface area contributed by atoms with Crippen LogP contribution in [-0.2, 0) is 4.74 Å². The Morgan fingerprint density at radius 3 is 2.63 bits per heavy atom. The molecule has 6 heteroatoms. The molecule has 0 saturated heterocycles. The predicted octanol–water partition coefficient (Wildman–Crippen LogP) is 3.74. The van der Waals surface area contributed by atoms with Crippen LogP contribution in [0.1, 0.15) is 20.8 Å². The van der Waals surface area contributed by atoms with E-state index in [1.807, 2.05) is 32.9 Å². The molecule has 0 aliphatic rings. The normalized spacial score (nSPS) is 11.4. The van der Waals surface area contributed by atoms with Crippen molar-refractivity contribution in [1.29, 1.82) is 0 Å². The van der Waals surface area contributed by atoms with Gasteiger partial charge in [0.1, 0.15) is 11.1 Å². The minimum absolute atomic E-state index is 0.522. The van der Waals surface area contributed by atoms with E-state index in [1.54, 1.807) is 12.4 Å². The molecule has 1 amide bonds. The summed E-state index contributed by atoms with van der Waals surface area (Å²) in [6.45, 7) is 5.43. The molecule has 2 aromatic rings. The molecule has 1 aromatic heterocycles. The minimum atomic E-state index is -0.549. The van der Waals surface area contributed by atoms with Gasteiger partial charge in [-0.05, 0) is 48.8 Å². The summed E-state index contributed by atoms with van der Waals surface area (Å²) in [5.41, 5.74) is 1.33. The van der Waals surface area contributed by atoms with Crippen LogP contribution in [0.2, 0.25) is 0 Å². The fourth-order valence-corrected chi connectivity index (χ4v) is 1.96. The highest BCUT2D eigenvalue weighted by Gasteiger charge is 2.18. The van der Waals surface area contributed by atoms with Crippen LogP contribution in [0.15, 0.2) is 29.0 Å². The Labute approximate surface area is 119 Å². The third-order valence-corrected chi connectivity index (χ3v) is 2.88. The first-order valence-corrected chi connectivity index (χ1v) is 6.55. The van der Waals surface area contributed by atoms with Gasteiger partial charge in [-0.1, -0.05) is 0 Å². The van der Waals surface area contributed by atoms with Crippen molar-refractivity contribution in [1.82, 2.24) is 9.97 Å². The fraction of sp³-hybridized carbons (Fsp3) is 0.308. The number of carbonyl (C=O) groups excluding carboxylic acids is 1. The lowest BCUT2D eigenvalue weighted by molar-refractivity contribution is 0.0636. The van der Waals surface area contributed by atoms with Gasteiger partial charge < -0.3 is 4.74 Å². The van der Waals surface area contributed by atoms with Crippen molar-refractivity contribution in [2.24, 2.45) is 0 Å². The Bertz CT molecular complexity index is 623. The smallest absolute Gasteiger partial charge is 0.412 e. The van der Waals surface area contributed by atoms with Gasteiger partial charge in [-0.25, -0.2) is 4.79 Å². The third kappa shape index (κ3) is 3.41. The lowest BCUT2D eigenvalue weighted by Crippen LogP contribution is -2.27. The van der Waals surface area contributed by atoms with E-state index in [-0.39, 0.29) is 0 Å². The molecule has 0 spiro atoms. The largest absolute Gasteiger partial charge is 0.444 e. The number of benzene rings is 1. The van der Waals surface area contributed by atoms with Crippen LogP contribution < -0.4 is 5.32 Å². The van der Waals surface area contributed by atoms with Crippen molar-refractivity contribution in [3.63, 3.8) is 0 Å². The van der Waals surface area contributed by atoms with E-state index in [4.69, 9.17) is 4.74 Å². The van der Waals surface area contributed by atoms with Gasteiger partial charge in [0.2, 0.25) is 0 Å².